The summed E-state index contributed by atoms with van der Waals surface area (Å²) in [5, 5.41) is 0. The molecule has 0 aromatic carbocycles. The van der Waals surface area contributed by atoms with E-state index in [0.29, 0.717) is 0 Å². The topological polar surface area (TPSA) is 0 Å². The van der Waals surface area contributed by atoms with Gasteiger partial charge in [0.05, 0.1) is 0 Å². The lowest BCUT2D eigenvalue weighted by molar-refractivity contribution is 0.694. The van der Waals surface area contributed by atoms with E-state index in [0.717, 1.165) is 6.42 Å². The van der Waals surface area contributed by atoms with Crippen molar-refractivity contribution in [2.75, 3.05) is 0 Å². The summed E-state index contributed by atoms with van der Waals surface area (Å²) in [4.78, 5) is 0. The molecule has 64 valence electrons. The highest BCUT2D eigenvalue weighted by Gasteiger charge is 1.86. The normalized spacial score (nSPS) is 11.6. The van der Waals surface area contributed by atoms with Gasteiger partial charge in [-0.05, 0) is 18.8 Å². The number of hydrogen-bond donors (Lipinski definition) is 0. The summed E-state index contributed by atoms with van der Waals surface area (Å²) in [6.07, 6.45) is 10.7. The molecule has 0 unspecified atom stereocenters. The van der Waals surface area contributed by atoms with Crippen molar-refractivity contribution in [2.45, 2.75) is 46.0 Å². The molecule has 0 aliphatic carbocycles. The van der Waals surface area contributed by atoms with Gasteiger partial charge in [-0.3, -0.25) is 0 Å². The van der Waals surface area contributed by atoms with Gasteiger partial charge in [-0.15, -0.1) is 0 Å². The molecule has 0 aromatic heterocycles. The molecule has 0 fully saturated rings. The molecular weight excluding hydrogens is 132 g/mol. The van der Waals surface area contributed by atoms with Crippen LogP contribution in [0.1, 0.15) is 46.0 Å². The molecule has 2 radical (unpaired) electrons. The monoisotopic (exact) mass is 152 g/mol. The molecule has 0 atom stereocenters. The summed E-state index contributed by atoms with van der Waals surface area (Å²) in [5.41, 5.74) is 0. The minimum atomic E-state index is 1.09. The Labute approximate surface area is 71.7 Å². The van der Waals surface area contributed by atoms with Gasteiger partial charge in [0, 0.05) is 0 Å². The Bertz CT molecular complexity index is 90.2. The van der Waals surface area contributed by atoms with E-state index in [4.69, 9.17) is 0 Å². The fourth-order valence-corrected chi connectivity index (χ4v) is 0.935. The van der Waals surface area contributed by atoms with Gasteiger partial charge < -0.3 is 0 Å². The summed E-state index contributed by atoms with van der Waals surface area (Å²) in [6.45, 7) is 8.07. The molecule has 0 aliphatic rings. The Morgan fingerprint density at radius 2 is 1.91 bits per heavy atom. The first-order valence-corrected chi connectivity index (χ1v) is 4.53. The summed E-state index contributed by atoms with van der Waals surface area (Å²) in [5.74, 6) is 1.39. The second-order valence-electron chi connectivity index (χ2n) is 3.18. The maximum atomic E-state index is 3.81. The fourth-order valence-electron chi connectivity index (χ4n) is 0.935. The molecule has 11 heavy (non-hydrogen) atoms. The van der Waals surface area contributed by atoms with E-state index in [9.17, 15) is 0 Å². The van der Waals surface area contributed by atoms with Gasteiger partial charge in [-0.1, -0.05) is 52.2 Å². The second-order valence-corrected chi connectivity index (χ2v) is 3.18. The highest BCUT2D eigenvalue weighted by Crippen LogP contribution is 2.04. The van der Waals surface area contributed by atoms with Crippen molar-refractivity contribution in [1.29, 1.82) is 0 Å². The Kier molecular flexibility index (Phi) is 7.66. The van der Waals surface area contributed by atoms with Crippen molar-refractivity contribution in [1.82, 2.24) is 0 Å². The van der Waals surface area contributed by atoms with Crippen molar-refractivity contribution in [3.05, 3.63) is 25.0 Å². The van der Waals surface area contributed by atoms with Crippen LogP contribution in [0, 0.1) is 12.8 Å². The summed E-state index contributed by atoms with van der Waals surface area (Å²) >= 11 is 0. The van der Waals surface area contributed by atoms with Crippen LogP contribution in [0.4, 0.5) is 0 Å². The molecule has 0 bridgehead atoms. The number of unbranched alkanes of at least 4 members (excludes halogenated alkanes) is 4. The molecule has 0 saturated heterocycles. The smallest absolute Gasteiger partial charge is 0.00892 e. The van der Waals surface area contributed by atoms with E-state index in [1.165, 1.54) is 31.6 Å². The third kappa shape index (κ3) is 9.74. The van der Waals surface area contributed by atoms with Crippen LogP contribution < -0.4 is 0 Å². The maximum absolute atomic E-state index is 3.81. The molecule has 0 amide bonds. The largest absolute Gasteiger partial charge is 0.0880 e. The van der Waals surface area contributed by atoms with E-state index in [2.05, 4.69) is 32.9 Å². The molecular formula is C11H20. The van der Waals surface area contributed by atoms with Crippen LogP contribution in [0.25, 0.3) is 0 Å². The highest BCUT2D eigenvalue weighted by atomic mass is 13.9. The highest BCUT2D eigenvalue weighted by molar-refractivity contribution is 5.02. The standard InChI is InChI=1S/C11H20/c1-4-5-6-7-8-9-10-11(2)3/h9-10H,1,4-8H2,2-3H3. The van der Waals surface area contributed by atoms with E-state index < -0.39 is 0 Å². The maximum Gasteiger partial charge on any atom is -0.00892 e. The second kappa shape index (κ2) is 7.84. The third-order valence-corrected chi connectivity index (χ3v) is 1.57. The first-order chi connectivity index (χ1) is 5.27. The third-order valence-electron chi connectivity index (χ3n) is 1.57. The molecule has 0 aliphatic heterocycles. The fraction of sp³-hybridized carbons (Fsp3) is 0.636. The SMILES string of the molecule is [CH2]CCCCCC=C[C](C)C. The summed E-state index contributed by atoms with van der Waals surface area (Å²) < 4.78 is 0. The molecule has 0 saturated carbocycles. The molecule has 0 heteroatoms. The van der Waals surface area contributed by atoms with Crippen molar-refractivity contribution in [3.63, 3.8) is 0 Å². The lowest BCUT2D eigenvalue weighted by atomic mass is 10.1. The van der Waals surface area contributed by atoms with Gasteiger partial charge in [-0.2, -0.15) is 0 Å². The van der Waals surface area contributed by atoms with Gasteiger partial charge in [0.25, 0.3) is 0 Å². The van der Waals surface area contributed by atoms with Gasteiger partial charge in [0.2, 0.25) is 0 Å². The Hall–Kier alpha value is -0.260. The van der Waals surface area contributed by atoms with Crippen molar-refractivity contribution in [3.8, 4) is 0 Å². The Morgan fingerprint density at radius 3 is 2.45 bits per heavy atom. The Balaban J connectivity index is 3.01. The zero-order valence-corrected chi connectivity index (χ0v) is 7.90. The minimum Gasteiger partial charge on any atom is -0.0880 e. The summed E-state index contributed by atoms with van der Waals surface area (Å²) in [7, 11) is 0. The molecule has 0 spiro atoms. The lowest BCUT2D eigenvalue weighted by Crippen LogP contribution is -1.76. The van der Waals surface area contributed by atoms with Crippen molar-refractivity contribution >= 4 is 0 Å². The Morgan fingerprint density at radius 1 is 1.18 bits per heavy atom. The zero-order chi connectivity index (χ0) is 8.53. The number of hydrogen-bond acceptors (Lipinski definition) is 0. The molecule has 0 nitrogen and oxygen atoms in total. The van der Waals surface area contributed by atoms with Crippen LogP contribution in [0.3, 0.4) is 0 Å². The number of rotatable bonds is 6. The van der Waals surface area contributed by atoms with Crippen LogP contribution in [-0.4, -0.2) is 0 Å². The predicted molar refractivity (Wildman–Crippen MR) is 52.2 cm³/mol. The van der Waals surface area contributed by atoms with Crippen LogP contribution in [-0.2, 0) is 0 Å². The molecule has 0 N–H and O–H groups in total. The van der Waals surface area contributed by atoms with E-state index in [-0.39, 0.29) is 0 Å². The lowest BCUT2D eigenvalue weighted by Gasteiger charge is -1.95. The molecule has 0 heterocycles. The summed E-state index contributed by atoms with van der Waals surface area (Å²) in [6, 6.07) is 0. The van der Waals surface area contributed by atoms with Crippen LogP contribution in [0.2, 0.25) is 0 Å². The zero-order valence-electron chi connectivity index (χ0n) is 7.90. The average Bonchev–Trinajstić information content (AvgIpc) is 1.96. The molecule has 0 aromatic rings. The van der Waals surface area contributed by atoms with Gasteiger partial charge in [-0.25, -0.2) is 0 Å². The van der Waals surface area contributed by atoms with Crippen LogP contribution in [0.5, 0.6) is 0 Å². The molecule has 0 rings (SSSR count). The van der Waals surface area contributed by atoms with E-state index >= 15 is 0 Å². The van der Waals surface area contributed by atoms with E-state index in [1.807, 2.05) is 0 Å². The first-order valence-electron chi connectivity index (χ1n) is 4.53. The van der Waals surface area contributed by atoms with Crippen molar-refractivity contribution < 1.29 is 0 Å². The quantitative estimate of drug-likeness (QED) is 0.506. The first kappa shape index (κ1) is 10.7. The van der Waals surface area contributed by atoms with E-state index in [1.54, 1.807) is 0 Å². The number of allylic oxidation sites excluding steroid dienone is 2. The van der Waals surface area contributed by atoms with Gasteiger partial charge >= 0.3 is 0 Å². The van der Waals surface area contributed by atoms with Gasteiger partial charge in [0.1, 0.15) is 0 Å². The minimum absolute atomic E-state index is 1.09. The van der Waals surface area contributed by atoms with Crippen molar-refractivity contribution in [2.24, 2.45) is 0 Å². The van der Waals surface area contributed by atoms with Crippen LogP contribution >= 0.6 is 0 Å². The van der Waals surface area contributed by atoms with Gasteiger partial charge in [0.15, 0.2) is 0 Å². The average molecular weight is 152 g/mol. The van der Waals surface area contributed by atoms with Crippen LogP contribution in [0.15, 0.2) is 12.2 Å². The predicted octanol–water partition coefficient (Wildman–Crippen LogP) is 3.94.